The summed E-state index contributed by atoms with van der Waals surface area (Å²) in [6.45, 7) is -0.429. The number of hydrogen-bond acceptors (Lipinski definition) is 18. The van der Waals surface area contributed by atoms with Crippen LogP contribution in [0.1, 0.15) is 41.5 Å². The van der Waals surface area contributed by atoms with Crippen molar-refractivity contribution in [2.45, 2.75) is 144 Å². The molecular weight excluding hydrogens is 979 g/mol. The SMILES string of the molecule is CN1C(=O)OC2C3O[C@H](O[C@H]4C[C@H](O)[C@H](NC(=O)OCc5ccccc5)CC4NC(=O)OCc4ccccc4)[C@@H](NC(=O)OCc4ccccc4)C[C@@H]3OC(O[C@H]3OC(CO)[C@@H](NCc4ccccc4)[C@H](O)C3O)C21. The first-order chi connectivity index (χ1) is 36.4. The highest BCUT2D eigenvalue weighted by Crippen LogP contribution is 2.41. The Morgan fingerprint density at radius 3 is 1.65 bits per heavy atom. The number of hydrogen-bond donors (Lipinski definition) is 8. The summed E-state index contributed by atoms with van der Waals surface area (Å²) in [5.41, 5.74) is 3.08. The Morgan fingerprint density at radius 2 is 1.11 bits per heavy atom. The number of likely N-dealkylation sites (N-methyl/N-ethyl adjacent to an activating group) is 1. The van der Waals surface area contributed by atoms with Gasteiger partial charge in [-0.3, -0.25) is 4.90 Å². The molecule has 0 spiro atoms. The van der Waals surface area contributed by atoms with Gasteiger partial charge in [-0.2, -0.15) is 0 Å². The molecule has 4 heterocycles. The van der Waals surface area contributed by atoms with Crippen molar-refractivity contribution in [2.24, 2.45) is 0 Å². The maximum Gasteiger partial charge on any atom is 0.410 e. The molecule has 4 aromatic carbocycles. The molecule has 0 bridgehead atoms. The van der Waals surface area contributed by atoms with Crippen molar-refractivity contribution in [2.75, 3.05) is 13.7 Å². The van der Waals surface area contributed by atoms with E-state index < -0.39 is 129 Å². The Morgan fingerprint density at radius 1 is 0.587 bits per heavy atom. The predicted molar refractivity (Wildman–Crippen MR) is 260 cm³/mol. The van der Waals surface area contributed by atoms with E-state index in [2.05, 4.69) is 21.3 Å². The van der Waals surface area contributed by atoms with Crippen molar-refractivity contribution in [1.82, 2.24) is 26.2 Å². The van der Waals surface area contributed by atoms with Crippen molar-refractivity contribution < 1.29 is 82.2 Å². The zero-order valence-electron chi connectivity index (χ0n) is 41.0. The number of ether oxygens (including phenoxy) is 9. The molecule has 16 atom stereocenters. The van der Waals surface area contributed by atoms with Crippen molar-refractivity contribution >= 4 is 24.4 Å². The average Bonchev–Trinajstić information content (AvgIpc) is 3.73. The van der Waals surface area contributed by atoms with Crippen LogP contribution in [0.25, 0.3) is 0 Å². The Hall–Kier alpha value is -6.44. The largest absolute Gasteiger partial charge is 0.445 e. The predicted octanol–water partition coefficient (Wildman–Crippen LogP) is 2.68. The fraction of sp³-hybridized carbons (Fsp3) is 0.472. The Labute approximate surface area is 432 Å². The number of amides is 4. The number of alkyl carbamates (subject to hydrolysis) is 3. The summed E-state index contributed by atoms with van der Waals surface area (Å²) in [4.78, 5) is 54.9. The Balaban J connectivity index is 0.934. The highest BCUT2D eigenvalue weighted by molar-refractivity contribution is 5.71. The van der Waals surface area contributed by atoms with Crippen LogP contribution in [0.2, 0.25) is 0 Å². The normalized spacial score (nSPS) is 32.2. The molecule has 9 rings (SSSR count). The number of carbonyl (C=O) groups excluding carboxylic acids is 4. The number of fused-ring (bicyclic) bond motifs is 3. The Bertz CT molecular complexity index is 2490. The van der Waals surface area contributed by atoms with E-state index in [1.54, 1.807) is 60.7 Å². The molecule has 4 saturated heterocycles. The molecule has 4 aromatic rings. The molecule has 1 aliphatic carbocycles. The number of nitrogens with zero attached hydrogens (tertiary/aromatic N) is 1. The van der Waals surface area contributed by atoms with Gasteiger partial charge in [-0.1, -0.05) is 121 Å². The molecule has 1 saturated carbocycles. The molecule has 22 nitrogen and oxygen atoms in total. The summed E-state index contributed by atoms with van der Waals surface area (Å²) < 4.78 is 54.8. The van der Waals surface area contributed by atoms with E-state index in [0.717, 1.165) is 16.7 Å². The van der Waals surface area contributed by atoms with Crippen LogP contribution in [-0.4, -0.2) is 161 Å². The molecule has 5 aliphatic rings. The van der Waals surface area contributed by atoms with E-state index in [1.165, 1.54) is 11.9 Å². The van der Waals surface area contributed by atoms with Gasteiger partial charge in [0.25, 0.3) is 0 Å². The molecule has 8 N–H and O–H groups in total. The zero-order chi connectivity index (χ0) is 52.4. The monoisotopic (exact) mass is 1040 g/mol. The molecule has 22 heteroatoms. The van der Waals surface area contributed by atoms with Crippen molar-refractivity contribution in [3.05, 3.63) is 144 Å². The minimum atomic E-state index is -1.66. The van der Waals surface area contributed by atoms with Crippen LogP contribution in [0.5, 0.6) is 0 Å². The van der Waals surface area contributed by atoms with Gasteiger partial charge in [0, 0.05) is 26.4 Å². The van der Waals surface area contributed by atoms with Crippen LogP contribution in [0.3, 0.4) is 0 Å². The van der Waals surface area contributed by atoms with Gasteiger partial charge in [0.15, 0.2) is 25.0 Å². The average molecular weight is 1040 g/mol. The van der Waals surface area contributed by atoms with E-state index in [9.17, 15) is 39.6 Å². The molecule has 0 aromatic heterocycles. The van der Waals surface area contributed by atoms with Crippen molar-refractivity contribution in [3.8, 4) is 0 Å². The standard InChI is InChI=1S/C53H63N5O17/c1-58-42-46(74-53(58)66)45-39(71-48(42)75-49-44(62)43(61)41(40(26-59)72-49)54-25-30-14-6-2-7-15-30)23-36(57-52(65)69-29-33-20-12-5-13-21-33)47(73-45)70-38-24-37(60)34(55-50(63)67-27-31-16-8-3-9-17-31)22-35(38)56-51(64)68-28-32-18-10-4-11-19-32/h2-21,34-49,54,59-62H,22-29H2,1H3,(H,55,63)(H,56,64)(H,57,65)/t34-,35?,36+,37+,38+,39+,40?,41-,42?,43+,44?,45?,46?,47+,48?,49-/m1/s1. The van der Waals surface area contributed by atoms with E-state index >= 15 is 0 Å². The van der Waals surface area contributed by atoms with Gasteiger partial charge in [-0.05, 0) is 28.7 Å². The first kappa shape index (κ1) is 53.4. The molecule has 7 unspecified atom stereocenters. The van der Waals surface area contributed by atoms with Gasteiger partial charge in [-0.25, -0.2) is 19.2 Å². The van der Waals surface area contributed by atoms with E-state index in [0.29, 0.717) is 12.1 Å². The first-order valence-electron chi connectivity index (χ1n) is 25.0. The number of benzene rings is 4. The van der Waals surface area contributed by atoms with E-state index in [1.807, 2.05) is 60.7 Å². The third kappa shape index (κ3) is 13.3. The molecular formula is C53H63N5O17. The van der Waals surface area contributed by atoms with Gasteiger partial charge in [0.1, 0.15) is 50.3 Å². The lowest BCUT2D eigenvalue weighted by Crippen LogP contribution is -2.69. The third-order valence-corrected chi connectivity index (χ3v) is 14.0. The number of rotatable bonds is 17. The molecule has 75 heavy (non-hydrogen) atoms. The van der Waals surface area contributed by atoms with Crippen LogP contribution in [-0.2, 0) is 69.0 Å². The highest BCUT2D eigenvalue weighted by Gasteiger charge is 2.61. The lowest BCUT2D eigenvalue weighted by Gasteiger charge is -2.51. The topological polar surface area (TPSA) is 284 Å². The smallest absolute Gasteiger partial charge is 0.410 e. The fourth-order valence-electron chi connectivity index (χ4n) is 10.0. The Kier molecular flexibility index (Phi) is 17.7. The summed E-state index contributed by atoms with van der Waals surface area (Å²) >= 11 is 0. The quantitative estimate of drug-likeness (QED) is 0.0706. The first-order valence-corrected chi connectivity index (χ1v) is 25.0. The van der Waals surface area contributed by atoms with E-state index in [4.69, 9.17) is 42.6 Å². The second kappa shape index (κ2) is 24.9. The summed E-state index contributed by atoms with van der Waals surface area (Å²) in [5.74, 6) is 0. The van der Waals surface area contributed by atoms with E-state index in [-0.39, 0.29) is 39.1 Å². The maximum absolute atomic E-state index is 13.7. The molecule has 402 valence electrons. The van der Waals surface area contributed by atoms with Gasteiger partial charge in [0.2, 0.25) is 0 Å². The maximum atomic E-state index is 13.7. The van der Waals surface area contributed by atoms with Crippen LogP contribution in [0.15, 0.2) is 121 Å². The second-order valence-corrected chi connectivity index (χ2v) is 19.1. The number of aliphatic hydroxyl groups is 4. The summed E-state index contributed by atoms with van der Waals surface area (Å²) in [6, 6.07) is 31.5. The second-order valence-electron chi connectivity index (χ2n) is 19.1. The fourth-order valence-corrected chi connectivity index (χ4v) is 10.0. The third-order valence-electron chi connectivity index (χ3n) is 14.0. The minimum Gasteiger partial charge on any atom is -0.445 e. The lowest BCUT2D eigenvalue weighted by molar-refractivity contribution is -0.372. The molecule has 0 radical (unpaired) electrons. The van der Waals surface area contributed by atoms with Crippen LogP contribution < -0.4 is 21.3 Å². The lowest BCUT2D eigenvalue weighted by atomic mass is 9.85. The van der Waals surface area contributed by atoms with Gasteiger partial charge >= 0.3 is 24.4 Å². The summed E-state index contributed by atoms with van der Waals surface area (Å²) in [6.07, 6.45) is -17.6. The number of nitrogens with one attached hydrogen (secondary N) is 4. The summed E-state index contributed by atoms with van der Waals surface area (Å²) in [7, 11) is 1.46. The van der Waals surface area contributed by atoms with Gasteiger partial charge in [0.05, 0.1) is 49.1 Å². The molecule has 4 amide bonds. The number of aliphatic hydroxyl groups excluding tert-OH is 4. The van der Waals surface area contributed by atoms with Crippen molar-refractivity contribution in [1.29, 1.82) is 0 Å². The van der Waals surface area contributed by atoms with Crippen LogP contribution in [0, 0.1) is 0 Å². The summed E-state index contributed by atoms with van der Waals surface area (Å²) in [5, 5.41) is 56.4. The molecule has 4 aliphatic heterocycles. The van der Waals surface area contributed by atoms with Crippen molar-refractivity contribution in [3.63, 3.8) is 0 Å². The number of carbonyl (C=O) groups is 4. The molecule has 5 fully saturated rings. The van der Waals surface area contributed by atoms with Crippen LogP contribution in [0.4, 0.5) is 19.2 Å². The zero-order valence-corrected chi connectivity index (χ0v) is 41.0. The van der Waals surface area contributed by atoms with Gasteiger partial charge < -0.3 is 84.3 Å². The highest BCUT2D eigenvalue weighted by atomic mass is 16.8. The minimum absolute atomic E-state index is 0.0288. The van der Waals surface area contributed by atoms with Crippen LogP contribution >= 0.6 is 0 Å². The van der Waals surface area contributed by atoms with Gasteiger partial charge in [-0.15, -0.1) is 0 Å².